The Morgan fingerprint density at radius 1 is 0.806 bits per heavy atom. The molecule has 0 aromatic heterocycles. The van der Waals surface area contributed by atoms with Crippen LogP contribution < -0.4 is 15.4 Å². The van der Waals surface area contributed by atoms with Gasteiger partial charge >= 0.3 is 0 Å². The van der Waals surface area contributed by atoms with Crippen molar-refractivity contribution >= 4 is 58.2 Å². The van der Waals surface area contributed by atoms with Gasteiger partial charge in [0.05, 0.1) is 22.8 Å². The molecule has 2 N–H and O–H groups in total. The van der Waals surface area contributed by atoms with Crippen molar-refractivity contribution in [2.45, 2.75) is 10.1 Å². The van der Waals surface area contributed by atoms with Gasteiger partial charge in [0.15, 0.2) is 0 Å². The Hall–Kier alpha value is -3.45. The van der Waals surface area contributed by atoms with Crippen LogP contribution in [0.4, 0.5) is 11.4 Å². The first-order valence-electron chi connectivity index (χ1n) is 11.0. The summed E-state index contributed by atoms with van der Waals surface area (Å²) >= 11 is 13.8. The quantitative estimate of drug-likeness (QED) is 0.226. The summed E-state index contributed by atoms with van der Waals surface area (Å²) in [5.41, 5.74) is 2.46. The smallest absolute Gasteiger partial charge is 0.255 e. The van der Waals surface area contributed by atoms with Crippen molar-refractivity contribution < 1.29 is 14.3 Å². The average molecular weight is 537 g/mol. The van der Waals surface area contributed by atoms with Crippen molar-refractivity contribution in [1.29, 1.82) is 0 Å². The molecule has 2 amide bonds. The Morgan fingerprint density at radius 2 is 1.50 bits per heavy atom. The Labute approximate surface area is 223 Å². The Bertz CT molecular complexity index is 1350. The largest absolute Gasteiger partial charge is 0.497 e. The molecule has 4 aromatic carbocycles. The van der Waals surface area contributed by atoms with Crippen molar-refractivity contribution in [3.8, 4) is 5.75 Å². The Balaban J connectivity index is 1.48. The minimum atomic E-state index is -0.541. The molecule has 8 heteroatoms. The molecule has 182 valence electrons. The highest BCUT2D eigenvalue weighted by atomic mass is 35.5. The average Bonchev–Trinajstić information content (AvgIpc) is 2.91. The van der Waals surface area contributed by atoms with Gasteiger partial charge in [-0.1, -0.05) is 59.6 Å². The molecule has 0 spiro atoms. The predicted octanol–water partition coefficient (Wildman–Crippen LogP) is 7.73. The number of hydrogen-bond donors (Lipinski definition) is 2. The van der Waals surface area contributed by atoms with Gasteiger partial charge in [0.2, 0.25) is 5.91 Å². The number of thioether (sulfide) groups is 1. The van der Waals surface area contributed by atoms with Gasteiger partial charge in [0.1, 0.15) is 11.0 Å². The summed E-state index contributed by atoms with van der Waals surface area (Å²) in [7, 11) is 1.58. The third-order valence-electron chi connectivity index (χ3n) is 5.27. The van der Waals surface area contributed by atoms with Gasteiger partial charge in [0.25, 0.3) is 5.91 Å². The molecule has 0 aliphatic heterocycles. The zero-order valence-corrected chi connectivity index (χ0v) is 21.5. The van der Waals surface area contributed by atoms with Crippen LogP contribution in [0, 0.1) is 0 Å². The maximum atomic E-state index is 13.3. The van der Waals surface area contributed by atoms with E-state index in [2.05, 4.69) is 10.6 Å². The van der Waals surface area contributed by atoms with E-state index in [0.717, 1.165) is 10.5 Å². The lowest BCUT2D eigenvalue weighted by Gasteiger charge is -2.18. The second-order valence-electron chi connectivity index (χ2n) is 7.71. The topological polar surface area (TPSA) is 67.4 Å². The van der Waals surface area contributed by atoms with Crippen molar-refractivity contribution in [2.24, 2.45) is 0 Å². The van der Waals surface area contributed by atoms with Crippen LogP contribution in [0.2, 0.25) is 10.0 Å². The minimum Gasteiger partial charge on any atom is -0.497 e. The lowest BCUT2D eigenvalue weighted by Crippen LogP contribution is -2.19. The number of carbonyl (C=O) groups is 2. The molecule has 1 unspecified atom stereocenters. The molecule has 1 atom stereocenters. The highest BCUT2D eigenvalue weighted by Gasteiger charge is 2.23. The molecule has 4 rings (SSSR count). The normalized spacial score (nSPS) is 11.4. The molecule has 0 heterocycles. The van der Waals surface area contributed by atoms with E-state index in [0.29, 0.717) is 32.7 Å². The zero-order valence-electron chi connectivity index (χ0n) is 19.2. The first-order valence-corrected chi connectivity index (χ1v) is 12.6. The van der Waals surface area contributed by atoms with E-state index in [1.165, 1.54) is 11.8 Å². The van der Waals surface area contributed by atoms with Crippen LogP contribution in [-0.2, 0) is 4.79 Å². The Morgan fingerprint density at radius 3 is 2.17 bits per heavy atom. The maximum absolute atomic E-state index is 13.3. The van der Waals surface area contributed by atoms with Crippen molar-refractivity contribution in [2.75, 3.05) is 17.7 Å². The van der Waals surface area contributed by atoms with E-state index in [-0.39, 0.29) is 11.8 Å². The molecule has 0 bridgehead atoms. The fourth-order valence-electron chi connectivity index (χ4n) is 3.40. The summed E-state index contributed by atoms with van der Waals surface area (Å²) in [6, 6.07) is 28.8. The number of anilines is 2. The first-order chi connectivity index (χ1) is 17.4. The number of ether oxygens (including phenoxy) is 1. The van der Waals surface area contributed by atoms with E-state index in [1.807, 2.05) is 42.5 Å². The van der Waals surface area contributed by atoms with Crippen LogP contribution in [0.15, 0.2) is 102 Å². The van der Waals surface area contributed by atoms with E-state index in [4.69, 9.17) is 27.9 Å². The zero-order chi connectivity index (χ0) is 25.5. The first kappa shape index (κ1) is 25.6. The van der Waals surface area contributed by atoms with Crippen molar-refractivity contribution in [1.82, 2.24) is 0 Å². The molecule has 0 aliphatic rings. The van der Waals surface area contributed by atoms with E-state index >= 15 is 0 Å². The van der Waals surface area contributed by atoms with Gasteiger partial charge in [-0.15, -0.1) is 11.8 Å². The predicted molar refractivity (Wildman–Crippen MR) is 148 cm³/mol. The summed E-state index contributed by atoms with van der Waals surface area (Å²) < 4.78 is 5.13. The highest BCUT2D eigenvalue weighted by molar-refractivity contribution is 8.00. The van der Waals surface area contributed by atoms with Crippen LogP contribution in [0.25, 0.3) is 0 Å². The highest BCUT2D eigenvalue weighted by Crippen LogP contribution is 2.38. The Kier molecular flexibility index (Phi) is 8.54. The number of halogens is 2. The van der Waals surface area contributed by atoms with Gasteiger partial charge in [0, 0.05) is 16.1 Å². The number of rotatable bonds is 8. The molecule has 0 saturated heterocycles. The lowest BCUT2D eigenvalue weighted by atomic mass is 10.1. The summed E-state index contributed by atoms with van der Waals surface area (Å²) in [5.74, 6) is 0.229. The number of hydrogen-bond acceptors (Lipinski definition) is 4. The van der Waals surface area contributed by atoms with Crippen LogP contribution in [-0.4, -0.2) is 18.9 Å². The summed E-state index contributed by atoms with van der Waals surface area (Å²) in [4.78, 5) is 26.7. The molecule has 0 aliphatic carbocycles. The third kappa shape index (κ3) is 6.40. The number of methoxy groups -OCH3 is 1. The van der Waals surface area contributed by atoms with E-state index < -0.39 is 5.25 Å². The van der Waals surface area contributed by atoms with Gasteiger partial charge in [-0.25, -0.2) is 0 Å². The van der Waals surface area contributed by atoms with Gasteiger partial charge in [-0.2, -0.15) is 0 Å². The lowest BCUT2D eigenvalue weighted by molar-refractivity contribution is -0.115. The monoisotopic (exact) mass is 536 g/mol. The molecule has 0 radical (unpaired) electrons. The minimum absolute atomic E-state index is 0.224. The van der Waals surface area contributed by atoms with Crippen LogP contribution in [0.5, 0.6) is 5.75 Å². The van der Waals surface area contributed by atoms with Gasteiger partial charge in [-0.05, 0) is 66.2 Å². The van der Waals surface area contributed by atoms with Crippen molar-refractivity contribution in [3.63, 3.8) is 0 Å². The molecule has 5 nitrogen and oxygen atoms in total. The maximum Gasteiger partial charge on any atom is 0.255 e. The summed E-state index contributed by atoms with van der Waals surface area (Å²) in [5, 5.41) is 5.89. The van der Waals surface area contributed by atoms with Gasteiger partial charge in [-0.3, -0.25) is 9.59 Å². The molecule has 0 saturated carbocycles. The third-order valence-corrected chi connectivity index (χ3v) is 7.35. The molecule has 4 aromatic rings. The van der Waals surface area contributed by atoms with Crippen molar-refractivity contribution in [3.05, 3.63) is 118 Å². The molecule has 36 heavy (non-hydrogen) atoms. The molecular weight excluding hydrogens is 515 g/mol. The standard InChI is InChI=1S/C28H22Cl2N2O3S/c1-35-21-14-10-19(11-15-21)27(33)31-20-12-16-22(17-13-20)36-26(18-6-3-2-4-7-18)28(34)32-24-9-5-8-23(29)25(24)30/h2-17,26H,1H3,(H,31,33)(H,32,34). The SMILES string of the molecule is COc1ccc(C(=O)Nc2ccc(SC(C(=O)Nc3cccc(Cl)c3Cl)c3ccccc3)cc2)cc1. The molecular formula is C28H22Cl2N2O3S. The van der Waals surface area contributed by atoms with Crippen LogP contribution in [0.3, 0.4) is 0 Å². The van der Waals surface area contributed by atoms with E-state index in [1.54, 1.807) is 61.7 Å². The molecule has 0 fully saturated rings. The number of nitrogens with one attached hydrogen (secondary N) is 2. The number of carbonyl (C=O) groups excluding carboxylic acids is 2. The van der Waals surface area contributed by atoms with Crippen LogP contribution >= 0.6 is 35.0 Å². The number of benzene rings is 4. The van der Waals surface area contributed by atoms with Crippen LogP contribution in [0.1, 0.15) is 21.2 Å². The fourth-order valence-corrected chi connectivity index (χ4v) is 4.77. The number of amides is 2. The fraction of sp³-hybridized carbons (Fsp3) is 0.0714. The summed E-state index contributed by atoms with van der Waals surface area (Å²) in [6.07, 6.45) is 0. The summed E-state index contributed by atoms with van der Waals surface area (Å²) in [6.45, 7) is 0. The second kappa shape index (κ2) is 12.0. The van der Waals surface area contributed by atoms with E-state index in [9.17, 15) is 9.59 Å². The second-order valence-corrected chi connectivity index (χ2v) is 9.67. The van der Waals surface area contributed by atoms with Gasteiger partial charge < -0.3 is 15.4 Å².